The van der Waals surface area contributed by atoms with E-state index in [9.17, 15) is 19.8 Å². The molecule has 0 fully saturated rings. The first-order chi connectivity index (χ1) is 16.3. The Morgan fingerprint density at radius 2 is 1.15 bits per heavy atom. The molecule has 184 valence electrons. The van der Waals surface area contributed by atoms with Gasteiger partial charge in [0, 0.05) is 62.4 Å². The van der Waals surface area contributed by atoms with Gasteiger partial charge in [0.2, 0.25) is 11.6 Å². The number of phenolic OH excluding ortho intramolecular Hbond substituents is 2. The highest BCUT2D eigenvalue weighted by molar-refractivity contribution is 6.33. The summed E-state index contributed by atoms with van der Waals surface area (Å²) in [4.78, 5) is 31.1. The summed E-state index contributed by atoms with van der Waals surface area (Å²) >= 11 is 11.7. The molecule has 4 N–H and O–H groups in total. The van der Waals surface area contributed by atoms with E-state index in [1.54, 1.807) is 12.1 Å². The van der Waals surface area contributed by atoms with E-state index in [1.807, 2.05) is 19.0 Å². The van der Waals surface area contributed by atoms with Gasteiger partial charge in [-0.15, -0.1) is 23.2 Å². The number of nitrogens with zero attached hydrogens (tertiary/aromatic N) is 2. The minimum absolute atomic E-state index is 0.175. The number of likely N-dealkylation sites (N-methyl/N-ethyl adjacent to an activating group) is 1. The second kappa shape index (κ2) is 11.8. The van der Waals surface area contributed by atoms with Crippen LogP contribution in [0.4, 0.5) is 11.4 Å². The van der Waals surface area contributed by atoms with Crippen LogP contribution in [0.2, 0.25) is 0 Å². The standard InChI is InChI=1S/C24H30Cl2N4O4/c1-29(2)13-9-27-15-3-4-16(28-10-14-30(11-7-25)12-8-26)20-19(15)23(33)21-17(31)5-6-18(32)22(21)24(20)34/h3-6,27-28,31-32H,7-14H2,1-2H3. The Kier molecular flexibility index (Phi) is 9.02. The van der Waals surface area contributed by atoms with Gasteiger partial charge in [-0.3, -0.25) is 14.5 Å². The first-order valence-electron chi connectivity index (χ1n) is 11.1. The lowest BCUT2D eigenvalue weighted by molar-refractivity contribution is 0.0975. The molecule has 0 aromatic heterocycles. The average Bonchev–Trinajstić information content (AvgIpc) is 2.79. The molecule has 34 heavy (non-hydrogen) atoms. The molecule has 8 nitrogen and oxygen atoms in total. The molecule has 0 aliphatic heterocycles. The van der Waals surface area contributed by atoms with Crippen molar-refractivity contribution in [3.05, 3.63) is 46.5 Å². The second-order valence-corrected chi connectivity index (χ2v) is 9.06. The van der Waals surface area contributed by atoms with E-state index in [-0.39, 0.29) is 33.8 Å². The van der Waals surface area contributed by atoms with E-state index in [0.29, 0.717) is 55.9 Å². The number of hydrogen-bond donors (Lipinski definition) is 4. The molecule has 0 amide bonds. The van der Waals surface area contributed by atoms with Gasteiger partial charge in [0.15, 0.2) is 0 Å². The molecule has 0 unspecified atom stereocenters. The van der Waals surface area contributed by atoms with E-state index in [4.69, 9.17) is 23.2 Å². The summed E-state index contributed by atoms with van der Waals surface area (Å²) in [7, 11) is 3.88. The molecule has 0 spiro atoms. The van der Waals surface area contributed by atoms with E-state index in [2.05, 4.69) is 15.5 Å². The third kappa shape index (κ3) is 5.58. The Morgan fingerprint density at radius 3 is 1.56 bits per heavy atom. The fourth-order valence-electron chi connectivity index (χ4n) is 4.00. The summed E-state index contributed by atoms with van der Waals surface area (Å²) in [5, 5.41) is 27.2. The number of carbonyl (C=O) groups is 2. The molecule has 1 aliphatic rings. The lowest BCUT2D eigenvalue weighted by Crippen LogP contribution is -2.33. The zero-order chi connectivity index (χ0) is 24.8. The van der Waals surface area contributed by atoms with Gasteiger partial charge in [0.1, 0.15) is 11.5 Å². The smallest absolute Gasteiger partial charge is 0.200 e. The van der Waals surface area contributed by atoms with Crippen molar-refractivity contribution >= 4 is 46.1 Å². The Bertz CT molecular complexity index is 1060. The molecule has 0 radical (unpaired) electrons. The maximum Gasteiger partial charge on any atom is 0.200 e. The molecule has 2 aromatic carbocycles. The van der Waals surface area contributed by atoms with Gasteiger partial charge in [0.05, 0.1) is 22.3 Å². The Labute approximate surface area is 209 Å². The number of anilines is 2. The molecule has 0 bridgehead atoms. The molecule has 0 saturated carbocycles. The SMILES string of the molecule is CN(C)CCNc1ccc(NCCN(CCCl)CCCl)c2c1C(=O)c1c(O)ccc(O)c1C2=O. The van der Waals surface area contributed by atoms with Gasteiger partial charge in [-0.05, 0) is 38.4 Å². The van der Waals surface area contributed by atoms with Crippen molar-refractivity contribution in [2.75, 3.05) is 75.8 Å². The number of benzene rings is 2. The molecule has 10 heteroatoms. The van der Waals surface area contributed by atoms with E-state index in [1.165, 1.54) is 12.1 Å². The molecule has 1 aliphatic carbocycles. The van der Waals surface area contributed by atoms with Gasteiger partial charge in [0.25, 0.3) is 0 Å². The van der Waals surface area contributed by atoms with Crippen LogP contribution in [0.5, 0.6) is 11.5 Å². The van der Waals surface area contributed by atoms with Crippen LogP contribution >= 0.6 is 23.2 Å². The first kappa shape index (κ1) is 26.1. The summed E-state index contributed by atoms with van der Waals surface area (Å²) < 4.78 is 0. The second-order valence-electron chi connectivity index (χ2n) is 8.30. The fourth-order valence-corrected chi connectivity index (χ4v) is 4.47. The van der Waals surface area contributed by atoms with Crippen LogP contribution < -0.4 is 10.6 Å². The normalized spacial score (nSPS) is 12.8. The third-order valence-electron chi connectivity index (χ3n) is 5.69. The zero-order valence-electron chi connectivity index (χ0n) is 19.3. The summed E-state index contributed by atoms with van der Waals surface area (Å²) in [5.74, 6) is -0.760. The van der Waals surface area contributed by atoms with Gasteiger partial charge in [-0.1, -0.05) is 0 Å². The molecule has 0 heterocycles. The maximum atomic E-state index is 13.5. The quantitative estimate of drug-likeness (QED) is 0.218. The highest BCUT2D eigenvalue weighted by Gasteiger charge is 2.37. The highest BCUT2D eigenvalue weighted by Crippen LogP contribution is 2.42. The van der Waals surface area contributed by atoms with E-state index >= 15 is 0 Å². The molecule has 0 atom stereocenters. The minimum Gasteiger partial charge on any atom is -0.507 e. The summed E-state index contributed by atoms with van der Waals surface area (Å²) in [6.45, 7) is 3.77. The van der Waals surface area contributed by atoms with Crippen molar-refractivity contribution in [1.82, 2.24) is 9.80 Å². The lowest BCUT2D eigenvalue weighted by Gasteiger charge is -2.26. The van der Waals surface area contributed by atoms with Crippen molar-refractivity contribution in [2.24, 2.45) is 0 Å². The molecular weight excluding hydrogens is 479 g/mol. The van der Waals surface area contributed by atoms with Crippen LogP contribution in [-0.4, -0.2) is 96.7 Å². The largest absolute Gasteiger partial charge is 0.507 e. The predicted octanol–water partition coefficient (Wildman–Crippen LogP) is 3.04. The van der Waals surface area contributed by atoms with E-state index in [0.717, 1.165) is 6.54 Å². The number of rotatable bonds is 12. The number of phenols is 2. The van der Waals surface area contributed by atoms with Crippen LogP contribution in [-0.2, 0) is 0 Å². The number of fused-ring (bicyclic) bond motifs is 2. The van der Waals surface area contributed by atoms with Crippen LogP contribution in [0.3, 0.4) is 0 Å². The van der Waals surface area contributed by atoms with Gasteiger partial charge >= 0.3 is 0 Å². The highest BCUT2D eigenvalue weighted by atomic mass is 35.5. The first-order valence-corrected chi connectivity index (χ1v) is 12.1. The van der Waals surface area contributed by atoms with Crippen LogP contribution in [0.25, 0.3) is 0 Å². The van der Waals surface area contributed by atoms with Gasteiger partial charge in [-0.2, -0.15) is 0 Å². The summed E-state index contributed by atoms with van der Waals surface area (Å²) in [6.07, 6.45) is 0. The van der Waals surface area contributed by atoms with Crippen LogP contribution in [0.1, 0.15) is 31.8 Å². The van der Waals surface area contributed by atoms with Crippen molar-refractivity contribution in [1.29, 1.82) is 0 Å². The molecule has 0 saturated heterocycles. The number of nitrogens with one attached hydrogen (secondary N) is 2. The number of halogens is 2. The molecule has 3 rings (SSSR count). The number of carbonyl (C=O) groups excluding carboxylic acids is 2. The van der Waals surface area contributed by atoms with Crippen molar-refractivity contribution in [3.8, 4) is 11.5 Å². The monoisotopic (exact) mass is 508 g/mol. The molecule has 2 aromatic rings. The van der Waals surface area contributed by atoms with Crippen molar-refractivity contribution in [2.45, 2.75) is 0 Å². The molecular formula is C24H30Cl2N4O4. The minimum atomic E-state index is -0.518. The Morgan fingerprint density at radius 1 is 0.706 bits per heavy atom. The number of ketones is 2. The van der Waals surface area contributed by atoms with Gasteiger partial charge < -0.3 is 25.7 Å². The fraction of sp³-hybridized carbons (Fsp3) is 0.417. The average molecular weight is 509 g/mol. The predicted molar refractivity (Wildman–Crippen MR) is 136 cm³/mol. The lowest BCUT2D eigenvalue weighted by atomic mass is 9.81. The maximum absolute atomic E-state index is 13.5. The third-order valence-corrected chi connectivity index (χ3v) is 6.03. The Balaban J connectivity index is 1.99. The van der Waals surface area contributed by atoms with Crippen LogP contribution in [0, 0.1) is 0 Å². The van der Waals surface area contributed by atoms with Crippen molar-refractivity contribution < 1.29 is 19.8 Å². The van der Waals surface area contributed by atoms with Crippen molar-refractivity contribution in [3.63, 3.8) is 0 Å². The Hall–Kier alpha value is -2.52. The van der Waals surface area contributed by atoms with E-state index < -0.39 is 11.6 Å². The topological polar surface area (TPSA) is 105 Å². The summed E-state index contributed by atoms with van der Waals surface area (Å²) in [5.41, 5.74) is 0.976. The summed E-state index contributed by atoms with van der Waals surface area (Å²) in [6, 6.07) is 5.93. The zero-order valence-corrected chi connectivity index (χ0v) is 20.8. The van der Waals surface area contributed by atoms with Gasteiger partial charge in [-0.25, -0.2) is 0 Å². The van der Waals surface area contributed by atoms with Crippen LogP contribution in [0.15, 0.2) is 24.3 Å². The number of alkyl halides is 2. The number of hydrogen-bond acceptors (Lipinski definition) is 8. The number of aromatic hydroxyl groups is 2.